The molecule has 0 fully saturated rings. The fourth-order valence-corrected chi connectivity index (χ4v) is 4.28. The molecule has 0 aliphatic carbocycles. The number of benzene rings is 2. The minimum Gasteiger partial charge on any atom is -0.497 e. The number of ether oxygens (including phenoxy) is 1. The Labute approximate surface area is 189 Å². The van der Waals surface area contributed by atoms with Crippen molar-refractivity contribution in [2.24, 2.45) is 0 Å². The zero-order valence-electron chi connectivity index (χ0n) is 18.2. The summed E-state index contributed by atoms with van der Waals surface area (Å²) in [5.74, 6) is 0.794. The van der Waals surface area contributed by atoms with Crippen molar-refractivity contribution in [1.82, 2.24) is 19.1 Å². The van der Waals surface area contributed by atoms with Gasteiger partial charge in [-0.2, -0.15) is 9.47 Å². The van der Waals surface area contributed by atoms with Gasteiger partial charge in [0.05, 0.1) is 35.3 Å². The van der Waals surface area contributed by atoms with Gasteiger partial charge in [0.25, 0.3) is 0 Å². The molecule has 0 saturated carbocycles. The number of para-hydroxylation sites is 1. The Morgan fingerprint density at radius 1 is 1.22 bits per heavy atom. The van der Waals surface area contributed by atoms with E-state index in [-0.39, 0.29) is 5.56 Å². The highest BCUT2D eigenvalue weighted by Crippen LogP contribution is 2.38. The number of aryl methyl sites for hydroxylation is 3. The maximum Gasteiger partial charge on any atom is 0.337 e. The van der Waals surface area contributed by atoms with Crippen molar-refractivity contribution in [2.45, 2.75) is 27.2 Å². The lowest BCUT2D eigenvalue weighted by Gasteiger charge is -2.15. The number of carboxylic acid groups (broad SMARTS) is 1. The van der Waals surface area contributed by atoms with Crippen LogP contribution < -0.4 is 10.1 Å². The van der Waals surface area contributed by atoms with Crippen LogP contribution in [-0.2, 0) is 6.42 Å². The predicted molar refractivity (Wildman–Crippen MR) is 125 cm³/mol. The summed E-state index contributed by atoms with van der Waals surface area (Å²) in [6.45, 7) is 5.92. The summed E-state index contributed by atoms with van der Waals surface area (Å²) in [7, 11) is 1.50. The molecule has 0 atom stereocenters. The first-order valence-electron chi connectivity index (χ1n) is 10.1. The summed E-state index contributed by atoms with van der Waals surface area (Å²) >= 11 is 1.30. The van der Waals surface area contributed by atoms with Gasteiger partial charge in [0.1, 0.15) is 22.4 Å². The number of carbonyl (C=O) groups is 1. The summed E-state index contributed by atoms with van der Waals surface area (Å²) in [6, 6.07) is 12.8. The number of anilines is 2. The van der Waals surface area contributed by atoms with Gasteiger partial charge in [-0.25, -0.2) is 14.5 Å². The van der Waals surface area contributed by atoms with Crippen LogP contribution in [0.15, 0.2) is 42.5 Å². The van der Waals surface area contributed by atoms with Crippen LogP contribution in [0.2, 0.25) is 0 Å². The molecule has 2 N–H and O–H groups in total. The number of nitrogens with zero attached hydrogens (tertiary/aromatic N) is 4. The van der Waals surface area contributed by atoms with Crippen molar-refractivity contribution >= 4 is 29.0 Å². The largest absolute Gasteiger partial charge is 0.497 e. The van der Waals surface area contributed by atoms with Crippen LogP contribution in [0.1, 0.15) is 34.4 Å². The average Bonchev–Trinajstić information content (AvgIpc) is 3.38. The molecule has 8 nitrogen and oxygen atoms in total. The van der Waals surface area contributed by atoms with Gasteiger partial charge in [0.15, 0.2) is 0 Å². The molecule has 0 spiro atoms. The Kier molecular flexibility index (Phi) is 5.91. The molecule has 9 heteroatoms. The summed E-state index contributed by atoms with van der Waals surface area (Å²) in [6.07, 6.45) is 0.728. The Morgan fingerprint density at radius 2 is 2.00 bits per heavy atom. The number of aromatic carboxylic acids is 1. The van der Waals surface area contributed by atoms with Crippen molar-refractivity contribution in [2.75, 3.05) is 12.4 Å². The van der Waals surface area contributed by atoms with Gasteiger partial charge in [-0.15, -0.1) is 0 Å². The molecule has 0 bridgehead atoms. The third kappa shape index (κ3) is 3.94. The van der Waals surface area contributed by atoms with Crippen LogP contribution >= 0.6 is 11.5 Å². The average molecular weight is 450 g/mol. The monoisotopic (exact) mass is 449 g/mol. The second-order valence-electron chi connectivity index (χ2n) is 7.22. The highest BCUT2D eigenvalue weighted by atomic mass is 32.1. The molecule has 4 aromatic rings. The normalized spacial score (nSPS) is 10.9. The van der Waals surface area contributed by atoms with Gasteiger partial charge >= 0.3 is 5.97 Å². The summed E-state index contributed by atoms with van der Waals surface area (Å²) in [5, 5.41) is 18.6. The van der Waals surface area contributed by atoms with Crippen LogP contribution in [0.3, 0.4) is 0 Å². The lowest BCUT2D eigenvalue weighted by molar-refractivity contribution is 0.0697. The summed E-state index contributed by atoms with van der Waals surface area (Å²) < 4.78 is 11.4. The second-order valence-corrected chi connectivity index (χ2v) is 7.97. The number of hydrogen-bond donors (Lipinski definition) is 2. The molecule has 2 aromatic heterocycles. The van der Waals surface area contributed by atoms with Gasteiger partial charge in [-0.05, 0) is 55.2 Å². The van der Waals surface area contributed by atoms with E-state index in [1.807, 2.05) is 45.0 Å². The lowest BCUT2D eigenvalue weighted by Crippen LogP contribution is -2.08. The van der Waals surface area contributed by atoms with E-state index in [1.54, 1.807) is 16.8 Å². The van der Waals surface area contributed by atoms with Gasteiger partial charge < -0.3 is 15.2 Å². The van der Waals surface area contributed by atoms with Crippen LogP contribution in [0, 0.1) is 13.8 Å². The Morgan fingerprint density at radius 3 is 2.66 bits per heavy atom. The van der Waals surface area contributed by atoms with E-state index in [0.29, 0.717) is 17.3 Å². The predicted octanol–water partition coefficient (Wildman–Crippen LogP) is 5.02. The van der Waals surface area contributed by atoms with E-state index >= 15 is 0 Å². The molecule has 0 aliphatic heterocycles. The first kappa shape index (κ1) is 21.5. The number of aromatic nitrogens is 4. The van der Waals surface area contributed by atoms with E-state index in [4.69, 9.17) is 9.84 Å². The molecular weight excluding hydrogens is 426 g/mol. The van der Waals surface area contributed by atoms with Crippen LogP contribution in [0.5, 0.6) is 5.75 Å². The fraction of sp³-hybridized carbons (Fsp3) is 0.217. The Bertz CT molecular complexity index is 1290. The maximum absolute atomic E-state index is 12.0. The van der Waals surface area contributed by atoms with E-state index in [0.717, 1.165) is 39.8 Å². The molecule has 4 rings (SSSR count). The smallest absolute Gasteiger partial charge is 0.337 e. The molecule has 164 valence electrons. The van der Waals surface area contributed by atoms with Crippen LogP contribution in [0.4, 0.5) is 11.5 Å². The van der Waals surface area contributed by atoms with Gasteiger partial charge in [-0.3, -0.25) is 0 Å². The van der Waals surface area contributed by atoms with Crippen molar-refractivity contribution in [1.29, 1.82) is 0 Å². The van der Waals surface area contributed by atoms with Gasteiger partial charge in [0, 0.05) is 6.42 Å². The van der Waals surface area contributed by atoms with Crippen molar-refractivity contribution in [3.63, 3.8) is 0 Å². The highest BCUT2D eigenvalue weighted by Gasteiger charge is 2.24. The van der Waals surface area contributed by atoms with Crippen molar-refractivity contribution in [3.05, 3.63) is 65.1 Å². The third-order valence-electron chi connectivity index (χ3n) is 5.11. The third-order valence-corrected chi connectivity index (χ3v) is 5.88. The zero-order chi connectivity index (χ0) is 22.8. The van der Waals surface area contributed by atoms with E-state index in [9.17, 15) is 9.90 Å². The number of nitrogens with one attached hydrogen (secondary N) is 1. The molecule has 2 aromatic carbocycles. The molecule has 0 saturated heterocycles. The highest BCUT2D eigenvalue weighted by molar-refractivity contribution is 7.09. The topological polar surface area (TPSA) is 102 Å². The van der Waals surface area contributed by atoms with E-state index in [2.05, 4.69) is 14.7 Å². The summed E-state index contributed by atoms with van der Waals surface area (Å²) in [4.78, 5) is 16.6. The molecule has 0 amide bonds. The zero-order valence-corrected chi connectivity index (χ0v) is 19.0. The fourth-order valence-electron chi connectivity index (χ4n) is 3.44. The first-order chi connectivity index (χ1) is 15.4. The number of hydrogen-bond acceptors (Lipinski definition) is 7. The molecule has 0 unspecified atom stereocenters. The second kappa shape index (κ2) is 8.80. The van der Waals surface area contributed by atoms with E-state index < -0.39 is 5.97 Å². The molecule has 32 heavy (non-hydrogen) atoms. The molecular formula is C23H23N5O3S. The quantitative estimate of drug-likeness (QED) is 0.408. The Balaban J connectivity index is 1.93. The van der Waals surface area contributed by atoms with Crippen molar-refractivity contribution < 1.29 is 14.6 Å². The van der Waals surface area contributed by atoms with Crippen molar-refractivity contribution in [3.8, 4) is 22.0 Å². The minimum absolute atomic E-state index is 0.0944. The number of carboxylic acids is 1. The molecule has 0 aliphatic rings. The number of rotatable bonds is 7. The van der Waals surface area contributed by atoms with Gasteiger partial charge in [0.2, 0.25) is 0 Å². The SMILES string of the molecule is CCc1nsc(-c2c(C)nn(-c3ccccc3C)c2Nc2ccc(OC)cc2C(=O)O)n1. The first-order valence-corrected chi connectivity index (χ1v) is 10.9. The Hall–Kier alpha value is -3.72. The standard InChI is InChI=1S/C23H23N5O3S/c1-5-19-25-22(32-27-19)20-14(3)26-28(18-9-7-6-8-13(18)2)21(20)24-17-11-10-15(31-4)12-16(17)23(29)30/h6-12,24H,5H2,1-4H3,(H,29,30). The molecule has 0 radical (unpaired) electrons. The lowest BCUT2D eigenvalue weighted by atomic mass is 10.1. The summed E-state index contributed by atoms with van der Waals surface area (Å²) in [5.41, 5.74) is 3.99. The van der Waals surface area contributed by atoms with E-state index in [1.165, 1.54) is 24.7 Å². The minimum atomic E-state index is -1.06. The van der Waals surface area contributed by atoms with Gasteiger partial charge in [-0.1, -0.05) is 25.1 Å². The van der Waals surface area contributed by atoms with Crippen LogP contribution in [0.25, 0.3) is 16.3 Å². The van der Waals surface area contributed by atoms with Crippen LogP contribution in [-0.4, -0.2) is 37.3 Å². The number of methoxy groups -OCH3 is 1. The maximum atomic E-state index is 12.0. The molecule has 2 heterocycles.